The van der Waals surface area contributed by atoms with Crippen LogP contribution in [0, 0.1) is 10.1 Å². The van der Waals surface area contributed by atoms with Crippen molar-refractivity contribution in [2.45, 2.75) is 10.1 Å². The van der Waals surface area contributed by atoms with Crippen LogP contribution in [0.4, 0.5) is 10.8 Å². The SMILES string of the molecule is O=C(Nc1nnc(SCc2cccc([N+](=O)[O-])c2)s1)c1ccc(Br)cc1. The molecule has 0 aliphatic carbocycles. The zero-order valence-electron chi connectivity index (χ0n) is 13.1. The van der Waals surface area contributed by atoms with Crippen molar-refractivity contribution in [3.63, 3.8) is 0 Å². The number of carbonyl (C=O) groups excluding carboxylic acids is 1. The van der Waals surface area contributed by atoms with E-state index in [1.165, 1.54) is 35.2 Å². The molecule has 1 heterocycles. The number of nitrogens with one attached hydrogen (secondary N) is 1. The van der Waals surface area contributed by atoms with Crippen molar-refractivity contribution in [2.75, 3.05) is 5.32 Å². The van der Waals surface area contributed by atoms with Crippen LogP contribution in [-0.2, 0) is 5.75 Å². The largest absolute Gasteiger partial charge is 0.296 e. The number of halogens is 1. The monoisotopic (exact) mass is 450 g/mol. The van der Waals surface area contributed by atoms with E-state index in [0.717, 1.165) is 10.0 Å². The van der Waals surface area contributed by atoms with Gasteiger partial charge in [0.15, 0.2) is 4.34 Å². The lowest BCUT2D eigenvalue weighted by Crippen LogP contribution is -2.11. The van der Waals surface area contributed by atoms with Crippen molar-refractivity contribution in [2.24, 2.45) is 0 Å². The Hall–Kier alpha value is -2.30. The van der Waals surface area contributed by atoms with Crippen LogP contribution in [0.15, 0.2) is 57.3 Å². The summed E-state index contributed by atoms with van der Waals surface area (Å²) in [5.41, 5.74) is 1.40. The smallest absolute Gasteiger partial charge is 0.269 e. The maximum atomic E-state index is 12.2. The van der Waals surface area contributed by atoms with Gasteiger partial charge < -0.3 is 0 Å². The molecule has 26 heavy (non-hydrogen) atoms. The average molecular weight is 451 g/mol. The van der Waals surface area contributed by atoms with Crippen LogP contribution >= 0.6 is 39.0 Å². The van der Waals surface area contributed by atoms with E-state index in [2.05, 4.69) is 31.4 Å². The molecule has 7 nitrogen and oxygen atoms in total. The zero-order chi connectivity index (χ0) is 18.5. The number of nitrogens with zero attached hydrogens (tertiary/aromatic N) is 3. The third-order valence-electron chi connectivity index (χ3n) is 3.22. The molecule has 1 aromatic heterocycles. The molecule has 132 valence electrons. The summed E-state index contributed by atoms with van der Waals surface area (Å²) in [6, 6.07) is 13.4. The number of carbonyl (C=O) groups is 1. The van der Waals surface area contributed by atoms with E-state index in [-0.39, 0.29) is 11.6 Å². The Balaban J connectivity index is 1.59. The average Bonchev–Trinajstić information content (AvgIpc) is 3.08. The predicted molar refractivity (Wildman–Crippen MR) is 105 cm³/mol. The van der Waals surface area contributed by atoms with E-state index in [1.54, 1.807) is 30.3 Å². The summed E-state index contributed by atoms with van der Waals surface area (Å²) in [7, 11) is 0. The van der Waals surface area contributed by atoms with Gasteiger partial charge in [0.1, 0.15) is 0 Å². The number of nitro groups is 1. The molecule has 0 saturated heterocycles. The molecule has 0 spiro atoms. The normalized spacial score (nSPS) is 10.5. The Morgan fingerprint density at radius 1 is 1.23 bits per heavy atom. The fourth-order valence-electron chi connectivity index (χ4n) is 1.99. The molecule has 3 rings (SSSR count). The first-order chi connectivity index (χ1) is 12.5. The third kappa shape index (κ3) is 4.87. The number of hydrogen-bond acceptors (Lipinski definition) is 7. The summed E-state index contributed by atoms with van der Waals surface area (Å²) in [5.74, 6) is 0.264. The Morgan fingerprint density at radius 3 is 2.73 bits per heavy atom. The number of hydrogen-bond donors (Lipinski definition) is 1. The molecule has 0 aliphatic heterocycles. The number of rotatable bonds is 6. The molecule has 0 radical (unpaired) electrons. The Morgan fingerprint density at radius 2 is 2.00 bits per heavy atom. The number of aromatic nitrogens is 2. The fourth-order valence-corrected chi connectivity index (χ4v) is 3.95. The summed E-state index contributed by atoms with van der Waals surface area (Å²) in [4.78, 5) is 22.5. The molecule has 0 saturated carbocycles. The summed E-state index contributed by atoms with van der Waals surface area (Å²) < 4.78 is 1.56. The zero-order valence-corrected chi connectivity index (χ0v) is 16.3. The standard InChI is InChI=1S/C16H11BrN4O3S2/c17-12-6-4-11(5-7-12)14(22)18-15-19-20-16(26-15)25-9-10-2-1-3-13(8-10)21(23)24/h1-8H,9H2,(H,18,19,22). The maximum absolute atomic E-state index is 12.2. The number of anilines is 1. The molecule has 1 amide bonds. The van der Waals surface area contributed by atoms with Gasteiger partial charge in [-0.15, -0.1) is 10.2 Å². The van der Waals surface area contributed by atoms with Gasteiger partial charge in [-0.05, 0) is 29.8 Å². The first kappa shape index (κ1) is 18.5. The summed E-state index contributed by atoms with van der Waals surface area (Å²) in [6.45, 7) is 0. The molecule has 0 bridgehead atoms. The first-order valence-electron chi connectivity index (χ1n) is 7.28. The maximum Gasteiger partial charge on any atom is 0.269 e. The van der Waals surface area contributed by atoms with Crippen molar-refractivity contribution in [3.8, 4) is 0 Å². The van der Waals surface area contributed by atoms with Crippen molar-refractivity contribution in [3.05, 3.63) is 74.2 Å². The Labute approximate surface area is 165 Å². The van der Waals surface area contributed by atoms with Gasteiger partial charge in [0.05, 0.1) is 4.92 Å². The minimum Gasteiger partial charge on any atom is -0.296 e. The van der Waals surface area contributed by atoms with Gasteiger partial charge in [0, 0.05) is 27.9 Å². The Kier molecular flexibility index (Phi) is 5.96. The second-order valence-corrected chi connectivity index (χ2v) is 8.17. The third-order valence-corrected chi connectivity index (χ3v) is 5.79. The Bertz CT molecular complexity index is 947. The number of benzene rings is 2. The van der Waals surface area contributed by atoms with Crippen molar-refractivity contribution >= 4 is 55.8 Å². The van der Waals surface area contributed by atoms with E-state index >= 15 is 0 Å². The lowest BCUT2D eigenvalue weighted by Gasteiger charge is -2.01. The van der Waals surface area contributed by atoms with Crippen LogP contribution in [0.1, 0.15) is 15.9 Å². The van der Waals surface area contributed by atoms with Crippen LogP contribution in [0.5, 0.6) is 0 Å². The molecule has 0 atom stereocenters. The van der Waals surface area contributed by atoms with Crippen molar-refractivity contribution in [1.29, 1.82) is 0 Å². The van der Waals surface area contributed by atoms with E-state index in [0.29, 0.717) is 20.8 Å². The van der Waals surface area contributed by atoms with Gasteiger partial charge in [0.2, 0.25) is 5.13 Å². The molecule has 0 unspecified atom stereocenters. The van der Waals surface area contributed by atoms with Gasteiger partial charge in [0.25, 0.3) is 11.6 Å². The van der Waals surface area contributed by atoms with E-state index < -0.39 is 4.92 Å². The molecule has 10 heteroatoms. The van der Waals surface area contributed by atoms with Crippen LogP contribution in [0.3, 0.4) is 0 Å². The number of thioether (sulfide) groups is 1. The second-order valence-electron chi connectivity index (χ2n) is 5.05. The predicted octanol–water partition coefficient (Wildman–Crippen LogP) is 4.75. The van der Waals surface area contributed by atoms with Gasteiger partial charge in [-0.3, -0.25) is 20.2 Å². The summed E-state index contributed by atoms with van der Waals surface area (Å²) in [6.07, 6.45) is 0. The number of nitro benzene ring substituents is 1. The van der Waals surface area contributed by atoms with Crippen LogP contribution in [0.25, 0.3) is 0 Å². The number of amides is 1. The van der Waals surface area contributed by atoms with Gasteiger partial charge in [-0.25, -0.2) is 0 Å². The van der Waals surface area contributed by atoms with Gasteiger partial charge >= 0.3 is 0 Å². The minimum absolute atomic E-state index is 0.0582. The van der Waals surface area contributed by atoms with Crippen LogP contribution < -0.4 is 5.32 Å². The van der Waals surface area contributed by atoms with Crippen molar-refractivity contribution < 1.29 is 9.72 Å². The van der Waals surface area contributed by atoms with Gasteiger partial charge in [-0.2, -0.15) is 0 Å². The lowest BCUT2D eigenvalue weighted by molar-refractivity contribution is -0.384. The molecular formula is C16H11BrN4O3S2. The highest BCUT2D eigenvalue weighted by Crippen LogP contribution is 2.29. The summed E-state index contributed by atoms with van der Waals surface area (Å²) >= 11 is 5.98. The second kappa shape index (κ2) is 8.39. The lowest BCUT2D eigenvalue weighted by atomic mass is 10.2. The van der Waals surface area contributed by atoms with Crippen LogP contribution in [0.2, 0.25) is 0 Å². The molecule has 1 N–H and O–H groups in total. The number of non-ortho nitro benzene ring substituents is 1. The molecule has 2 aromatic carbocycles. The van der Waals surface area contributed by atoms with Crippen LogP contribution in [-0.4, -0.2) is 21.0 Å². The highest BCUT2D eigenvalue weighted by atomic mass is 79.9. The highest BCUT2D eigenvalue weighted by Gasteiger charge is 2.11. The quantitative estimate of drug-likeness (QED) is 0.251. The van der Waals surface area contributed by atoms with E-state index in [1.807, 2.05) is 6.07 Å². The highest BCUT2D eigenvalue weighted by molar-refractivity contribution is 9.10. The topological polar surface area (TPSA) is 98.0 Å². The molecule has 0 aliphatic rings. The molecular weight excluding hydrogens is 440 g/mol. The van der Waals surface area contributed by atoms with Gasteiger partial charge in [-0.1, -0.05) is 51.2 Å². The van der Waals surface area contributed by atoms with E-state index in [9.17, 15) is 14.9 Å². The minimum atomic E-state index is -0.422. The van der Waals surface area contributed by atoms with E-state index in [4.69, 9.17) is 0 Å². The fraction of sp³-hybridized carbons (Fsp3) is 0.0625. The summed E-state index contributed by atoms with van der Waals surface area (Å²) in [5, 5.41) is 21.9. The first-order valence-corrected chi connectivity index (χ1v) is 9.87. The van der Waals surface area contributed by atoms with Crippen molar-refractivity contribution in [1.82, 2.24) is 10.2 Å². The molecule has 0 fully saturated rings. The molecule has 3 aromatic rings.